The van der Waals surface area contributed by atoms with Crippen molar-refractivity contribution in [1.82, 2.24) is 0 Å². The van der Waals surface area contributed by atoms with Crippen molar-refractivity contribution in [2.75, 3.05) is 6.61 Å². The molecule has 1 aliphatic rings. The third kappa shape index (κ3) is 6.08. The van der Waals surface area contributed by atoms with Crippen molar-refractivity contribution >= 4 is 0 Å². The molecule has 0 aromatic heterocycles. The van der Waals surface area contributed by atoms with E-state index in [9.17, 15) is 8.78 Å². The molecule has 0 aliphatic heterocycles. The molecule has 37 heavy (non-hydrogen) atoms. The molecule has 0 heterocycles. The zero-order chi connectivity index (χ0) is 26.4. The predicted molar refractivity (Wildman–Crippen MR) is 142 cm³/mol. The maximum Gasteiger partial charge on any atom is 0.201 e. The maximum absolute atomic E-state index is 15.1. The van der Waals surface area contributed by atoms with Gasteiger partial charge in [0, 0.05) is 11.1 Å². The van der Waals surface area contributed by atoms with E-state index in [1.807, 2.05) is 6.92 Å². The van der Waals surface area contributed by atoms with E-state index in [2.05, 4.69) is 19.1 Å². The van der Waals surface area contributed by atoms with Gasteiger partial charge in [-0.1, -0.05) is 68.3 Å². The second kappa shape index (κ2) is 12.4. The first-order valence-corrected chi connectivity index (χ1v) is 13.3. The minimum Gasteiger partial charge on any atom is -0.490 e. The number of allylic oxidation sites excluding steroid dienone is 2. The first-order valence-electron chi connectivity index (χ1n) is 13.3. The van der Waals surface area contributed by atoms with Crippen LogP contribution >= 0.6 is 0 Å². The Hall–Kier alpha value is -3.08. The van der Waals surface area contributed by atoms with Crippen molar-refractivity contribution in [1.29, 1.82) is 0 Å². The van der Waals surface area contributed by atoms with Crippen molar-refractivity contribution in [3.8, 4) is 28.0 Å². The highest BCUT2D eigenvalue weighted by atomic mass is 19.2. The SMILES string of the molecule is C/C=C/C1CCC(c2ccc(-c3ccc(-c4ccc(OCCCCC)c(F)c4F)cc3)c(F)c2F)CC1. The summed E-state index contributed by atoms with van der Waals surface area (Å²) in [5.41, 5.74) is 1.58. The van der Waals surface area contributed by atoms with Gasteiger partial charge in [-0.2, -0.15) is 4.39 Å². The largest absolute Gasteiger partial charge is 0.490 e. The summed E-state index contributed by atoms with van der Waals surface area (Å²) in [5, 5.41) is 0. The summed E-state index contributed by atoms with van der Waals surface area (Å²) < 4.78 is 64.9. The fourth-order valence-corrected chi connectivity index (χ4v) is 5.23. The molecule has 1 aliphatic carbocycles. The molecule has 3 aromatic rings. The average Bonchev–Trinajstić information content (AvgIpc) is 2.91. The Morgan fingerprint density at radius 3 is 1.92 bits per heavy atom. The molecular formula is C32H34F4O. The highest BCUT2D eigenvalue weighted by molar-refractivity contribution is 5.72. The van der Waals surface area contributed by atoms with Gasteiger partial charge >= 0.3 is 0 Å². The highest BCUT2D eigenvalue weighted by Gasteiger charge is 2.26. The number of hydrogen-bond acceptors (Lipinski definition) is 1. The molecule has 1 saturated carbocycles. The van der Waals surface area contributed by atoms with E-state index in [0.29, 0.717) is 29.2 Å². The zero-order valence-electron chi connectivity index (χ0n) is 21.5. The van der Waals surface area contributed by atoms with Crippen LogP contribution in [0.15, 0.2) is 60.7 Å². The fourth-order valence-electron chi connectivity index (χ4n) is 5.23. The van der Waals surface area contributed by atoms with Crippen LogP contribution in [0.3, 0.4) is 0 Å². The number of unbranched alkanes of at least 4 members (excludes halogenated alkanes) is 2. The summed E-state index contributed by atoms with van der Waals surface area (Å²) in [7, 11) is 0. The summed E-state index contributed by atoms with van der Waals surface area (Å²) in [4.78, 5) is 0. The van der Waals surface area contributed by atoms with Gasteiger partial charge in [-0.25, -0.2) is 13.2 Å². The van der Waals surface area contributed by atoms with E-state index < -0.39 is 23.3 Å². The summed E-state index contributed by atoms with van der Waals surface area (Å²) in [6.45, 7) is 4.39. The van der Waals surface area contributed by atoms with Gasteiger partial charge in [-0.3, -0.25) is 0 Å². The minimum atomic E-state index is -1.03. The molecule has 1 nitrogen and oxygen atoms in total. The molecule has 4 rings (SSSR count). The second-order valence-electron chi connectivity index (χ2n) is 9.84. The summed E-state index contributed by atoms with van der Waals surface area (Å²) in [6, 6.07) is 12.6. The van der Waals surface area contributed by atoms with Gasteiger partial charge in [0.05, 0.1) is 6.61 Å². The van der Waals surface area contributed by atoms with Crippen LogP contribution in [0.4, 0.5) is 17.6 Å². The first kappa shape index (κ1) is 27.0. The Bertz CT molecular complexity index is 1220. The number of benzene rings is 3. The lowest BCUT2D eigenvalue weighted by Crippen LogP contribution is -2.13. The summed E-state index contributed by atoms with van der Waals surface area (Å²) in [5.74, 6) is -3.26. The number of rotatable bonds is 9. The number of hydrogen-bond donors (Lipinski definition) is 0. The van der Waals surface area contributed by atoms with E-state index in [0.717, 1.165) is 44.9 Å². The van der Waals surface area contributed by atoms with Crippen molar-refractivity contribution in [2.24, 2.45) is 5.92 Å². The third-order valence-electron chi connectivity index (χ3n) is 7.35. The molecule has 0 radical (unpaired) electrons. The van der Waals surface area contributed by atoms with Gasteiger partial charge in [0.1, 0.15) is 0 Å². The van der Waals surface area contributed by atoms with Gasteiger partial charge in [0.2, 0.25) is 5.82 Å². The Balaban J connectivity index is 1.50. The topological polar surface area (TPSA) is 9.23 Å². The van der Waals surface area contributed by atoms with Crippen molar-refractivity contribution in [3.63, 3.8) is 0 Å². The molecular weight excluding hydrogens is 476 g/mol. The van der Waals surface area contributed by atoms with Gasteiger partial charge in [0.15, 0.2) is 23.2 Å². The third-order valence-corrected chi connectivity index (χ3v) is 7.35. The number of halogens is 4. The van der Waals surface area contributed by atoms with E-state index in [1.54, 1.807) is 36.4 Å². The molecule has 0 amide bonds. The lowest BCUT2D eigenvalue weighted by molar-refractivity contribution is 0.286. The van der Waals surface area contributed by atoms with E-state index in [-0.39, 0.29) is 22.8 Å². The average molecular weight is 511 g/mol. The van der Waals surface area contributed by atoms with Crippen LogP contribution < -0.4 is 4.74 Å². The Labute approximate surface area is 217 Å². The monoisotopic (exact) mass is 510 g/mol. The molecule has 0 unspecified atom stereocenters. The molecule has 0 bridgehead atoms. The van der Waals surface area contributed by atoms with Crippen molar-refractivity contribution < 1.29 is 22.3 Å². The summed E-state index contributed by atoms with van der Waals surface area (Å²) >= 11 is 0. The number of ether oxygens (including phenoxy) is 1. The van der Waals surface area contributed by atoms with Crippen LogP contribution in [-0.2, 0) is 0 Å². The van der Waals surface area contributed by atoms with Crippen LogP contribution in [0.1, 0.15) is 70.3 Å². The molecule has 0 spiro atoms. The highest BCUT2D eigenvalue weighted by Crippen LogP contribution is 2.39. The minimum absolute atomic E-state index is 0.0175. The Morgan fingerprint density at radius 2 is 1.32 bits per heavy atom. The molecule has 0 saturated heterocycles. The molecule has 0 atom stereocenters. The predicted octanol–water partition coefficient (Wildman–Crippen LogP) is 10.00. The van der Waals surface area contributed by atoms with Crippen molar-refractivity contribution in [3.05, 3.63) is 89.5 Å². The fraction of sp³-hybridized carbons (Fsp3) is 0.375. The van der Waals surface area contributed by atoms with Gasteiger partial charge in [0.25, 0.3) is 0 Å². The van der Waals surface area contributed by atoms with E-state index >= 15 is 8.78 Å². The second-order valence-corrected chi connectivity index (χ2v) is 9.84. The molecule has 0 N–H and O–H groups in total. The first-order chi connectivity index (χ1) is 17.9. The van der Waals surface area contributed by atoms with Gasteiger partial charge in [-0.05, 0) is 79.7 Å². The lowest BCUT2D eigenvalue weighted by atomic mass is 9.78. The molecule has 5 heteroatoms. The van der Waals surface area contributed by atoms with Crippen LogP contribution in [-0.4, -0.2) is 6.61 Å². The molecule has 196 valence electrons. The van der Waals surface area contributed by atoms with E-state index in [1.165, 1.54) is 12.1 Å². The van der Waals surface area contributed by atoms with Gasteiger partial charge < -0.3 is 4.74 Å². The van der Waals surface area contributed by atoms with Crippen LogP contribution in [0.2, 0.25) is 0 Å². The normalized spacial score (nSPS) is 17.9. The quantitative estimate of drug-likeness (QED) is 0.158. The standard InChI is InChI=1S/C32H34F4O/c1-3-5-6-20-37-28-19-18-27(31(35)32(28)36)24-14-12-23(13-15-24)26-17-16-25(29(33)30(26)34)22-10-8-21(7-4-2)9-11-22/h4,7,12-19,21-22H,3,5-6,8-11,20H2,1-2H3/b7-4+. The smallest absolute Gasteiger partial charge is 0.201 e. The van der Waals surface area contributed by atoms with Crippen molar-refractivity contribution in [2.45, 2.75) is 64.7 Å². The van der Waals surface area contributed by atoms with Crippen LogP contribution in [0.5, 0.6) is 5.75 Å². The lowest BCUT2D eigenvalue weighted by Gasteiger charge is -2.27. The molecule has 1 fully saturated rings. The Kier molecular flexibility index (Phi) is 9.07. The van der Waals surface area contributed by atoms with Gasteiger partial charge in [-0.15, -0.1) is 0 Å². The van der Waals surface area contributed by atoms with Crippen LogP contribution in [0.25, 0.3) is 22.3 Å². The van der Waals surface area contributed by atoms with Crippen LogP contribution in [0, 0.1) is 29.2 Å². The van der Waals surface area contributed by atoms with E-state index in [4.69, 9.17) is 4.74 Å². The maximum atomic E-state index is 15.1. The Morgan fingerprint density at radius 1 is 0.730 bits per heavy atom. The molecule has 3 aromatic carbocycles. The zero-order valence-corrected chi connectivity index (χ0v) is 21.5. The summed E-state index contributed by atoms with van der Waals surface area (Å²) in [6.07, 6.45) is 10.6.